The fourth-order valence-corrected chi connectivity index (χ4v) is 2.84. The average Bonchev–Trinajstić information content (AvgIpc) is 2.72. The topological polar surface area (TPSA) is 38.1 Å². The van der Waals surface area contributed by atoms with Crippen molar-refractivity contribution >= 4 is 0 Å². The lowest BCUT2D eigenvalue weighted by Gasteiger charge is -2.18. The van der Waals surface area contributed by atoms with Crippen LogP contribution in [0.5, 0.6) is 0 Å². The number of aryl methyl sites for hydroxylation is 3. The summed E-state index contributed by atoms with van der Waals surface area (Å²) in [6.07, 6.45) is 3.90. The molecule has 21 heavy (non-hydrogen) atoms. The highest BCUT2D eigenvalue weighted by Crippen LogP contribution is 2.29. The van der Waals surface area contributed by atoms with Crippen molar-refractivity contribution in [2.24, 2.45) is 0 Å². The number of furan rings is 1. The summed E-state index contributed by atoms with van der Waals surface area (Å²) in [7, 11) is 0. The summed E-state index contributed by atoms with van der Waals surface area (Å²) in [5.41, 5.74) is 4.94. The van der Waals surface area contributed by atoms with Gasteiger partial charge in [0.25, 0.3) is 0 Å². The Bertz CT molecular complexity index is 584. The van der Waals surface area contributed by atoms with Gasteiger partial charge in [0.2, 0.25) is 0 Å². The Morgan fingerprint density at radius 3 is 2.38 bits per heavy atom. The van der Waals surface area contributed by atoms with E-state index in [1.165, 1.54) is 16.7 Å². The molecule has 0 saturated heterocycles. The molecule has 1 atom stereocenters. The number of nitrogens with zero attached hydrogens (tertiary/aromatic N) is 1. The van der Waals surface area contributed by atoms with E-state index in [0.717, 1.165) is 36.6 Å². The van der Waals surface area contributed by atoms with Crippen molar-refractivity contribution in [2.45, 2.75) is 53.5 Å². The summed E-state index contributed by atoms with van der Waals surface area (Å²) in [5, 5.41) is 3.57. The standard InChI is InChI=1S/C18H26N2O/c1-6-15-8-9-16(20-11-15)10-17(19-7-2)18-12(3)13(4)21-14(18)5/h8-9,11,17,19H,6-7,10H2,1-5H3. The molecule has 0 aliphatic rings. The summed E-state index contributed by atoms with van der Waals surface area (Å²) < 4.78 is 5.79. The van der Waals surface area contributed by atoms with Gasteiger partial charge in [0.1, 0.15) is 11.5 Å². The van der Waals surface area contributed by atoms with E-state index >= 15 is 0 Å². The monoisotopic (exact) mass is 286 g/mol. The fraction of sp³-hybridized carbons (Fsp3) is 0.500. The maximum Gasteiger partial charge on any atom is 0.106 e. The van der Waals surface area contributed by atoms with Crippen LogP contribution in [0.25, 0.3) is 0 Å². The smallest absolute Gasteiger partial charge is 0.106 e. The van der Waals surface area contributed by atoms with Gasteiger partial charge in [-0.15, -0.1) is 0 Å². The van der Waals surface area contributed by atoms with Crippen LogP contribution in [-0.4, -0.2) is 11.5 Å². The van der Waals surface area contributed by atoms with Crippen molar-refractivity contribution in [3.05, 3.63) is 52.2 Å². The molecule has 3 nitrogen and oxygen atoms in total. The number of hydrogen-bond acceptors (Lipinski definition) is 3. The van der Waals surface area contributed by atoms with Gasteiger partial charge in [-0.3, -0.25) is 4.98 Å². The lowest BCUT2D eigenvalue weighted by molar-refractivity contribution is 0.483. The van der Waals surface area contributed by atoms with E-state index in [1.807, 2.05) is 20.0 Å². The Kier molecular flexibility index (Phi) is 5.18. The average molecular weight is 286 g/mol. The second-order valence-corrected chi connectivity index (χ2v) is 5.58. The van der Waals surface area contributed by atoms with E-state index in [2.05, 4.69) is 43.2 Å². The van der Waals surface area contributed by atoms with Gasteiger partial charge in [0, 0.05) is 29.9 Å². The zero-order chi connectivity index (χ0) is 15.4. The van der Waals surface area contributed by atoms with E-state index < -0.39 is 0 Å². The molecular weight excluding hydrogens is 260 g/mol. The molecule has 0 saturated carbocycles. The van der Waals surface area contributed by atoms with Gasteiger partial charge in [0.05, 0.1) is 0 Å². The molecule has 2 aromatic rings. The summed E-state index contributed by atoms with van der Waals surface area (Å²) in [5.74, 6) is 2.03. The van der Waals surface area contributed by atoms with Crippen LogP contribution in [0, 0.1) is 20.8 Å². The van der Waals surface area contributed by atoms with Crippen LogP contribution in [0.15, 0.2) is 22.7 Å². The number of rotatable bonds is 6. The number of likely N-dealkylation sites (N-methyl/N-ethyl adjacent to an activating group) is 1. The third kappa shape index (κ3) is 3.53. The van der Waals surface area contributed by atoms with Crippen molar-refractivity contribution in [1.82, 2.24) is 10.3 Å². The summed E-state index contributed by atoms with van der Waals surface area (Å²) in [6.45, 7) is 11.4. The van der Waals surface area contributed by atoms with Crippen molar-refractivity contribution in [1.29, 1.82) is 0 Å². The minimum Gasteiger partial charge on any atom is -0.466 e. The molecule has 0 aliphatic carbocycles. The van der Waals surface area contributed by atoms with Gasteiger partial charge in [-0.05, 0) is 50.9 Å². The Balaban J connectivity index is 2.26. The van der Waals surface area contributed by atoms with Crippen LogP contribution in [0.2, 0.25) is 0 Å². The first-order valence-electron chi connectivity index (χ1n) is 7.80. The van der Waals surface area contributed by atoms with Crippen molar-refractivity contribution in [3.8, 4) is 0 Å². The van der Waals surface area contributed by atoms with Crippen LogP contribution >= 0.6 is 0 Å². The van der Waals surface area contributed by atoms with Crippen LogP contribution in [0.3, 0.4) is 0 Å². The largest absolute Gasteiger partial charge is 0.466 e. The van der Waals surface area contributed by atoms with Gasteiger partial charge in [-0.25, -0.2) is 0 Å². The zero-order valence-electron chi connectivity index (χ0n) is 13.8. The maximum atomic E-state index is 5.79. The first kappa shape index (κ1) is 15.8. The van der Waals surface area contributed by atoms with Gasteiger partial charge < -0.3 is 9.73 Å². The van der Waals surface area contributed by atoms with Crippen molar-refractivity contribution in [2.75, 3.05) is 6.54 Å². The Morgan fingerprint density at radius 2 is 1.90 bits per heavy atom. The van der Waals surface area contributed by atoms with E-state index in [-0.39, 0.29) is 6.04 Å². The van der Waals surface area contributed by atoms with Crippen molar-refractivity contribution in [3.63, 3.8) is 0 Å². The number of aromatic nitrogens is 1. The molecule has 0 spiro atoms. The third-order valence-corrected chi connectivity index (χ3v) is 4.12. The van der Waals surface area contributed by atoms with Crippen LogP contribution in [-0.2, 0) is 12.8 Å². The highest BCUT2D eigenvalue weighted by molar-refractivity contribution is 5.35. The normalized spacial score (nSPS) is 12.6. The minimum atomic E-state index is 0.257. The maximum absolute atomic E-state index is 5.79. The molecule has 0 aromatic carbocycles. The molecule has 1 N–H and O–H groups in total. The Morgan fingerprint density at radius 1 is 1.14 bits per heavy atom. The molecular formula is C18H26N2O. The van der Waals surface area contributed by atoms with E-state index in [0.29, 0.717) is 0 Å². The van der Waals surface area contributed by atoms with Crippen molar-refractivity contribution < 1.29 is 4.42 Å². The Labute approximate surface area is 127 Å². The van der Waals surface area contributed by atoms with Crippen LogP contribution in [0.4, 0.5) is 0 Å². The lowest BCUT2D eigenvalue weighted by atomic mass is 9.97. The molecule has 0 bridgehead atoms. The molecule has 3 heteroatoms. The summed E-state index contributed by atoms with van der Waals surface area (Å²) in [4.78, 5) is 4.59. The highest BCUT2D eigenvalue weighted by Gasteiger charge is 2.21. The molecule has 1 unspecified atom stereocenters. The second kappa shape index (κ2) is 6.90. The first-order valence-corrected chi connectivity index (χ1v) is 7.80. The molecule has 0 aliphatic heterocycles. The molecule has 2 aromatic heterocycles. The van der Waals surface area contributed by atoms with E-state index in [9.17, 15) is 0 Å². The number of nitrogens with one attached hydrogen (secondary N) is 1. The molecule has 2 rings (SSSR count). The van der Waals surface area contributed by atoms with Gasteiger partial charge in [0.15, 0.2) is 0 Å². The predicted octanol–water partition coefficient (Wildman–Crippen LogP) is 4.06. The molecule has 0 amide bonds. The van der Waals surface area contributed by atoms with Gasteiger partial charge in [-0.1, -0.05) is 19.9 Å². The first-order chi connectivity index (χ1) is 10.1. The SMILES string of the molecule is CCNC(Cc1ccc(CC)cn1)c1c(C)oc(C)c1C. The number of pyridine rings is 1. The molecule has 114 valence electrons. The zero-order valence-corrected chi connectivity index (χ0v) is 13.8. The lowest BCUT2D eigenvalue weighted by Crippen LogP contribution is -2.24. The predicted molar refractivity (Wildman–Crippen MR) is 86.7 cm³/mol. The summed E-state index contributed by atoms with van der Waals surface area (Å²) >= 11 is 0. The quantitative estimate of drug-likeness (QED) is 0.870. The molecule has 2 heterocycles. The van der Waals surface area contributed by atoms with Crippen LogP contribution < -0.4 is 5.32 Å². The molecule has 0 fully saturated rings. The minimum absolute atomic E-state index is 0.257. The highest BCUT2D eigenvalue weighted by atomic mass is 16.3. The van der Waals surface area contributed by atoms with E-state index in [1.54, 1.807) is 0 Å². The van der Waals surface area contributed by atoms with E-state index in [4.69, 9.17) is 4.42 Å². The van der Waals surface area contributed by atoms with Gasteiger partial charge in [-0.2, -0.15) is 0 Å². The fourth-order valence-electron chi connectivity index (χ4n) is 2.84. The summed E-state index contributed by atoms with van der Waals surface area (Å²) in [6, 6.07) is 4.57. The van der Waals surface area contributed by atoms with Gasteiger partial charge >= 0.3 is 0 Å². The Hall–Kier alpha value is -1.61. The molecule has 0 radical (unpaired) electrons. The number of hydrogen-bond donors (Lipinski definition) is 1. The van der Waals surface area contributed by atoms with Crippen LogP contribution in [0.1, 0.15) is 53.8 Å². The third-order valence-electron chi connectivity index (χ3n) is 4.12. The second-order valence-electron chi connectivity index (χ2n) is 5.58.